The van der Waals surface area contributed by atoms with Crippen molar-refractivity contribution < 1.29 is 13.2 Å². The average Bonchev–Trinajstić information content (AvgIpc) is 3.52. The molecule has 13 heteroatoms. The molecule has 5 aromatic rings. The first-order chi connectivity index (χ1) is 18.3. The summed E-state index contributed by atoms with van der Waals surface area (Å²) in [5.41, 5.74) is 7.50. The highest BCUT2D eigenvalue weighted by Crippen LogP contribution is 2.36. The molecule has 0 bridgehead atoms. The fourth-order valence-electron chi connectivity index (χ4n) is 4.79. The van der Waals surface area contributed by atoms with Gasteiger partial charge in [-0.2, -0.15) is 22.7 Å². The van der Waals surface area contributed by atoms with E-state index in [1.54, 1.807) is 6.33 Å². The van der Waals surface area contributed by atoms with Gasteiger partial charge >= 0.3 is 6.18 Å². The van der Waals surface area contributed by atoms with Crippen LogP contribution in [0.25, 0.3) is 28.2 Å². The molecule has 0 amide bonds. The monoisotopic (exact) mass is 541 g/mol. The number of alkyl halides is 3. The molecule has 2 N–H and O–H groups in total. The van der Waals surface area contributed by atoms with Crippen LogP contribution < -0.4 is 10.6 Å². The molecule has 1 fully saturated rings. The van der Waals surface area contributed by atoms with E-state index in [0.29, 0.717) is 17.7 Å². The number of anilines is 2. The molecule has 6 rings (SSSR count). The van der Waals surface area contributed by atoms with E-state index in [2.05, 4.69) is 35.9 Å². The molecule has 1 saturated heterocycles. The standard InChI is InChI=1S/C25H23ClF3N9/c26-16-4-3-5-17(14-16)36-11-8-35(9-12-36)10-13-37-15-31-20-22(37)33-24(30)38-23(20)32-21(34-38)18-6-1-2-7-19(18)25(27,28)29/h1-7,14-15H,8-13H2,(H2,30,33). The zero-order valence-electron chi connectivity index (χ0n) is 20.1. The fourth-order valence-corrected chi connectivity index (χ4v) is 4.97. The summed E-state index contributed by atoms with van der Waals surface area (Å²) in [6, 6.07) is 13.0. The topological polar surface area (TPSA) is 93.4 Å². The summed E-state index contributed by atoms with van der Waals surface area (Å²) in [7, 11) is 0. The highest BCUT2D eigenvalue weighted by molar-refractivity contribution is 6.30. The van der Waals surface area contributed by atoms with Crippen LogP contribution in [0.15, 0.2) is 54.9 Å². The Morgan fingerprint density at radius 3 is 2.47 bits per heavy atom. The Morgan fingerprint density at radius 1 is 0.921 bits per heavy atom. The predicted octanol–water partition coefficient (Wildman–Crippen LogP) is 4.22. The molecule has 38 heavy (non-hydrogen) atoms. The Kier molecular flexibility index (Phi) is 6.07. The van der Waals surface area contributed by atoms with E-state index in [9.17, 15) is 13.2 Å². The average molecular weight is 542 g/mol. The number of nitrogens with zero attached hydrogens (tertiary/aromatic N) is 8. The molecule has 1 aliphatic rings. The van der Waals surface area contributed by atoms with Gasteiger partial charge in [-0.15, -0.1) is 5.10 Å². The third-order valence-corrected chi connectivity index (χ3v) is 6.98. The Balaban J connectivity index is 1.22. The van der Waals surface area contributed by atoms with Gasteiger partial charge in [0, 0.05) is 55.5 Å². The summed E-state index contributed by atoms with van der Waals surface area (Å²) in [5.74, 6) is -0.0707. The van der Waals surface area contributed by atoms with Gasteiger partial charge in [0.05, 0.1) is 11.9 Å². The van der Waals surface area contributed by atoms with Crippen LogP contribution in [0.5, 0.6) is 0 Å². The van der Waals surface area contributed by atoms with Crippen molar-refractivity contribution in [3.8, 4) is 11.4 Å². The van der Waals surface area contributed by atoms with Gasteiger partial charge in [0.15, 0.2) is 22.6 Å². The number of imidazole rings is 1. The SMILES string of the molecule is Nc1nc2c(ncn2CCN2CCN(c3cccc(Cl)c3)CC2)c2nc(-c3ccccc3C(F)(F)F)nn12. The molecule has 9 nitrogen and oxygen atoms in total. The van der Waals surface area contributed by atoms with Crippen LogP contribution in [0.4, 0.5) is 24.8 Å². The van der Waals surface area contributed by atoms with Crippen molar-refractivity contribution in [3.05, 3.63) is 65.4 Å². The number of aromatic nitrogens is 6. The van der Waals surface area contributed by atoms with Gasteiger partial charge in [-0.1, -0.05) is 35.9 Å². The Bertz CT molecular complexity index is 1620. The van der Waals surface area contributed by atoms with Crippen molar-refractivity contribution in [2.45, 2.75) is 12.7 Å². The van der Waals surface area contributed by atoms with Crippen LogP contribution in [0, 0.1) is 0 Å². The number of hydrogen-bond donors (Lipinski definition) is 1. The highest BCUT2D eigenvalue weighted by Gasteiger charge is 2.34. The highest BCUT2D eigenvalue weighted by atomic mass is 35.5. The third kappa shape index (κ3) is 4.50. The number of nitrogens with two attached hydrogens (primary N) is 1. The van der Waals surface area contributed by atoms with Crippen molar-refractivity contribution in [2.75, 3.05) is 43.4 Å². The third-order valence-electron chi connectivity index (χ3n) is 6.74. The van der Waals surface area contributed by atoms with Crippen LogP contribution in [0.3, 0.4) is 0 Å². The van der Waals surface area contributed by atoms with Gasteiger partial charge in [0.1, 0.15) is 0 Å². The minimum Gasteiger partial charge on any atom is -0.369 e. The first-order valence-corrected chi connectivity index (χ1v) is 12.4. The van der Waals surface area contributed by atoms with Crippen molar-refractivity contribution in [1.82, 2.24) is 34.0 Å². The molecular weight excluding hydrogens is 519 g/mol. The van der Waals surface area contributed by atoms with Crippen LogP contribution in [-0.2, 0) is 12.7 Å². The van der Waals surface area contributed by atoms with Crippen LogP contribution >= 0.6 is 11.6 Å². The zero-order chi connectivity index (χ0) is 26.4. The van der Waals surface area contributed by atoms with E-state index >= 15 is 0 Å². The molecule has 1 aliphatic heterocycles. The van der Waals surface area contributed by atoms with Crippen molar-refractivity contribution in [1.29, 1.82) is 0 Å². The lowest BCUT2D eigenvalue weighted by atomic mass is 10.1. The summed E-state index contributed by atoms with van der Waals surface area (Å²) >= 11 is 6.14. The van der Waals surface area contributed by atoms with Crippen LogP contribution in [-0.4, -0.2) is 66.8 Å². The lowest BCUT2D eigenvalue weighted by Gasteiger charge is -2.36. The fraction of sp³-hybridized carbons (Fsp3) is 0.280. The van der Waals surface area contributed by atoms with Crippen molar-refractivity contribution >= 4 is 40.0 Å². The van der Waals surface area contributed by atoms with Crippen molar-refractivity contribution in [3.63, 3.8) is 0 Å². The maximum atomic E-state index is 13.6. The van der Waals surface area contributed by atoms with Gasteiger partial charge in [0.2, 0.25) is 5.95 Å². The number of piperazine rings is 1. The number of benzene rings is 2. The summed E-state index contributed by atoms with van der Waals surface area (Å²) in [6.45, 7) is 4.96. The maximum Gasteiger partial charge on any atom is 0.417 e. The van der Waals surface area contributed by atoms with Crippen LogP contribution in [0.2, 0.25) is 5.02 Å². The van der Waals surface area contributed by atoms with Crippen molar-refractivity contribution in [2.24, 2.45) is 0 Å². The van der Waals surface area contributed by atoms with Gasteiger partial charge < -0.3 is 15.2 Å². The molecule has 2 aromatic carbocycles. The summed E-state index contributed by atoms with van der Waals surface area (Å²) in [4.78, 5) is 17.9. The molecular formula is C25H23ClF3N9. The molecule has 3 aromatic heterocycles. The smallest absolute Gasteiger partial charge is 0.369 e. The molecule has 0 saturated carbocycles. The van der Waals surface area contributed by atoms with E-state index in [-0.39, 0.29) is 23.0 Å². The summed E-state index contributed by atoms with van der Waals surface area (Å²) in [6.07, 6.45) is -2.90. The van der Waals surface area contributed by atoms with Gasteiger partial charge in [-0.3, -0.25) is 4.90 Å². The molecule has 196 valence electrons. The lowest BCUT2D eigenvalue weighted by molar-refractivity contribution is -0.137. The number of fused-ring (bicyclic) bond motifs is 3. The second-order valence-electron chi connectivity index (χ2n) is 9.10. The molecule has 0 spiro atoms. The van der Waals surface area contributed by atoms with Crippen LogP contribution in [0.1, 0.15) is 5.56 Å². The molecule has 0 aliphatic carbocycles. The Morgan fingerprint density at radius 2 is 1.71 bits per heavy atom. The van der Waals surface area contributed by atoms with E-state index < -0.39 is 11.7 Å². The quantitative estimate of drug-likeness (QED) is 0.356. The second kappa shape index (κ2) is 9.44. The van der Waals surface area contributed by atoms with E-state index in [4.69, 9.17) is 17.3 Å². The van der Waals surface area contributed by atoms with Gasteiger partial charge in [0.25, 0.3) is 0 Å². The normalized spacial score (nSPS) is 15.1. The molecule has 0 unspecified atom stereocenters. The lowest BCUT2D eigenvalue weighted by Crippen LogP contribution is -2.47. The van der Waals surface area contributed by atoms with Gasteiger partial charge in [-0.25, -0.2) is 9.97 Å². The zero-order valence-corrected chi connectivity index (χ0v) is 20.9. The predicted molar refractivity (Wildman–Crippen MR) is 139 cm³/mol. The summed E-state index contributed by atoms with van der Waals surface area (Å²) < 4.78 is 43.8. The van der Waals surface area contributed by atoms with E-state index in [0.717, 1.165) is 49.5 Å². The number of rotatable bonds is 5. The minimum atomic E-state index is -4.55. The first kappa shape index (κ1) is 24.4. The largest absolute Gasteiger partial charge is 0.417 e. The summed E-state index contributed by atoms with van der Waals surface area (Å²) in [5, 5.41) is 4.94. The number of halogens is 4. The minimum absolute atomic E-state index is 0.0210. The van der Waals surface area contributed by atoms with Gasteiger partial charge in [-0.05, 0) is 24.3 Å². The Hall–Kier alpha value is -3.90. The Labute approximate surface area is 220 Å². The first-order valence-electron chi connectivity index (χ1n) is 12.0. The number of nitrogen functional groups attached to an aromatic ring is 1. The molecule has 0 radical (unpaired) electrons. The van der Waals surface area contributed by atoms with E-state index in [1.165, 1.54) is 22.7 Å². The van der Waals surface area contributed by atoms with E-state index in [1.807, 2.05) is 22.8 Å². The molecule has 4 heterocycles. The molecule has 0 atom stereocenters. The second-order valence-corrected chi connectivity index (χ2v) is 9.54. The maximum absolute atomic E-state index is 13.6. The number of hydrogen-bond acceptors (Lipinski definition) is 7.